The number of rotatable bonds is 23. The molecule has 2 atom stereocenters. The summed E-state index contributed by atoms with van der Waals surface area (Å²) in [4.78, 5) is 138. The van der Waals surface area contributed by atoms with Crippen LogP contribution in [0.3, 0.4) is 0 Å². The first kappa shape index (κ1) is 58.7. The van der Waals surface area contributed by atoms with Gasteiger partial charge in [-0.3, -0.25) is 53.0 Å². The maximum atomic E-state index is 14.1. The normalized spacial score (nSPS) is 16.6. The SMILES string of the molecule is O=C(CNC(=O)C1(C(=O)NCCCCCN2C(=O)C=CC2=O)CCC1)NCCC(=O)Nc1cc(/C=C/C(=O)N2C[C@@H](CCl)c3c2cc(OP(=O)(O)O)c2ccccc32)ccc1/C=C/C(=O)N1CCc2c1cc(O[PH](=O)O)c1ccccc21. The zero-order valence-electron chi connectivity index (χ0n) is 44.1. The summed E-state index contributed by atoms with van der Waals surface area (Å²) in [5.41, 5.74) is 2.12. The van der Waals surface area contributed by atoms with Crippen LogP contribution in [0.1, 0.15) is 73.1 Å². The fraction of sp³-hybridized carbons (Fsp3) is 0.298. The minimum atomic E-state index is -5.01. The monoisotopic (exact) mass is 1180 g/mol. The number of fused-ring (bicyclic) bond motifs is 6. The van der Waals surface area contributed by atoms with Gasteiger partial charge in [0.2, 0.25) is 23.6 Å². The molecule has 0 spiro atoms. The Morgan fingerprint density at radius 1 is 0.756 bits per heavy atom. The van der Waals surface area contributed by atoms with E-state index in [1.807, 2.05) is 12.1 Å². The molecule has 3 heterocycles. The topological polar surface area (TPSA) is 308 Å². The Labute approximate surface area is 475 Å². The number of phosphoric acid groups is 1. The largest absolute Gasteiger partial charge is 0.524 e. The second-order valence-electron chi connectivity index (χ2n) is 20.0. The van der Waals surface area contributed by atoms with E-state index >= 15 is 0 Å². The van der Waals surface area contributed by atoms with E-state index in [4.69, 9.17) is 20.6 Å². The van der Waals surface area contributed by atoms with Gasteiger partial charge < -0.3 is 45.0 Å². The lowest BCUT2D eigenvalue weighted by molar-refractivity contribution is -0.150. The average molecular weight is 1180 g/mol. The molecule has 25 heteroatoms. The number of nitrogens with one attached hydrogen (secondary N) is 4. The van der Waals surface area contributed by atoms with Crippen LogP contribution in [0.4, 0.5) is 17.1 Å². The van der Waals surface area contributed by atoms with Crippen molar-refractivity contribution in [3.63, 3.8) is 0 Å². The summed E-state index contributed by atoms with van der Waals surface area (Å²) in [5, 5.41) is 13.2. The Kier molecular flexibility index (Phi) is 18.2. The molecule has 3 aliphatic heterocycles. The Bertz CT molecular complexity index is 3580. The molecule has 82 heavy (non-hydrogen) atoms. The van der Waals surface area contributed by atoms with Crippen LogP contribution in [0.25, 0.3) is 33.7 Å². The van der Waals surface area contributed by atoms with Gasteiger partial charge in [0.05, 0.1) is 17.9 Å². The Hall–Kier alpha value is -7.97. The van der Waals surface area contributed by atoms with Gasteiger partial charge in [-0.25, -0.2) is 9.13 Å². The quantitative estimate of drug-likeness (QED) is 0.00963. The lowest BCUT2D eigenvalue weighted by Gasteiger charge is -2.38. The van der Waals surface area contributed by atoms with Crippen LogP contribution >= 0.6 is 27.7 Å². The number of benzene rings is 5. The maximum Gasteiger partial charge on any atom is 0.524 e. The van der Waals surface area contributed by atoms with Crippen molar-refractivity contribution in [2.45, 2.75) is 57.3 Å². The van der Waals surface area contributed by atoms with Gasteiger partial charge in [-0.1, -0.05) is 67.1 Å². The first-order valence-electron chi connectivity index (χ1n) is 26.5. The van der Waals surface area contributed by atoms with Crippen LogP contribution in [0.15, 0.2) is 103 Å². The molecule has 8 amide bonds. The highest BCUT2D eigenvalue weighted by molar-refractivity contribution is 7.46. The standard InChI is InChI=1S/C57H58ClN7O15P2/c58-32-37-34-65(45-31-47(80-82(76,77)78)41-11-4-5-12-42(41)54(37)45)53(71)17-14-35-13-15-36(16-18-50(68)63-28-22-39-38-9-2-3-10-40(38)46(30-44(39)63)79-81(74)75)43(29-35)62-48(66)21-26-59-49(67)33-61-56(73)57(23-8-24-57)55(72)60-25-6-1-7-27-64-51(69)19-20-52(64)70/h2-5,9-20,29-31,37,81H,1,6-8,21-28,32-34H2,(H,59,67)(H,60,72)(H,61,73)(H,62,66)(H,74,75)(H2,76,77,78)/b17-14+,18-16+/t37-/m1/s1. The highest BCUT2D eigenvalue weighted by Crippen LogP contribution is 2.49. The van der Waals surface area contributed by atoms with Gasteiger partial charge in [0.25, 0.3) is 23.6 Å². The molecule has 1 saturated carbocycles. The van der Waals surface area contributed by atoms with Crippen LogP contribution in [0.5, 0.6) is 11.5 Å². The van der Waals surface area contributed by atoms with Crippen LogP contribution < -0.4 is 40.1 Å². The molecule has 22 nitrogen and oxygen atoms in total. The van der Waals surface area contributed by atoms with Crippen LogP contribution in [-0.4, -0.2) is 112 Å². The summed E-state index contributed by atoms with van der Waals surface area (Å²) < 4.78 is 34.2. The van der Waals surface area contributed by atoms with Gasteiger partial charge in [-0.15, -0.1) is 11.6 Å². The summed E-state index contributed by atoms with van der Waals surface area (Å²) in [6, 6.07) is 21.9. The highest BCUT2D eigenvalue weighted by atomic mass is 35.5. The molecule has 428 valence electrons. The van der Waals surface area contributed by atoms with Crippen molar-refractivity contribution >= 4 is 126 Å². The second kappa shape index (κ2) is 25.4. The van der Waals surface area contributed by atoms with E-state index in [0.717, 1.165) is 15.8 Å². The molecule has 5 aromatic rings. The van der Waals surface area contributed by atoms with Crippen LogP contribution in [0.2, 0.25) is 0 Å². The molecule has 0 saturated heterocycles. The summed E-state index contributed by atoms with van der Waals surface area (Å²) >= 11 is 6.43. The highest BCUT2D eigenvalue weighted by Gasteiger charge is 2.50. The van der Waals surface area contributed by atoms with E-state index in [9.17, 15) is 62.2 Å². The molecular weight excluding hydrogens is 1120 g/mol. The number of unbranched alkanes of at least 4 members (excludes halogenated alkanes) is 2. The number of nitrogens with zero attached hydrogens (tertiary/aromatic N) is 3. The molecule has 1 aliphatic carbocycles. The van der Waals surface area contributed by atoms with E-state index < -0.39 is 63.5 Å². The Balaban J connectivity index is 0.863. The summed E-state index contributed by atoms with van der Waals surface area (Å²) in [6.45, 7) is 0.376. The number of hydrogen-bond acceptors (Lipinski definition) is 12. The lowest BCUT2D eigenvalue weighted by Crippen LogP contribution is -2.56. The van der Waals surface area contributed by atoms with E-state index in [1.165, 1.54) is 52.3 Å². The van der Waals surface area contributed by atoms with Crippen LogP contribution in [0, 0.1) is 5.41 Å². The minimum Gasteiger partial charge on any atom is -0.426 e. The molecule has 7 N–H and O–H groups in total. The smallest absolute Gasteiger partial charge is 0.426 e. The third-order valence-electron chi connectivity index (χ3n) is 14.8. The van der Waals surface area contributed by atoms with E-state index in [-0.39, 0.29) is 73.4 Å². The van der Waals surface area contributed by atoms with Crippen LogP contribution in [-0.2, 0) is 53.9 Å². The van der Waals surface area contributed by atoms with E-state index in [1.54, 1.807) is 60.7 Å². The van der Waals surface area contributed by atoms with Gasteiger partial charge in [0.1, 0.15) is 16.9 Å². The van der Waals surface area contributed by atoms with Crippen molar-refractivity contribution < 1.29 is 71.2 Å². The number of alkyl halides is 1. The third kappa shape index (κ3) is 13.2. The van der Waals surface area contributed by atoms with Crippen molar-refractivity contribution in [1.29, 1.82) is 0 Å². The average Bonchev–Trinajstić information content (AvgIpc) is 4.28. The maximum absolute atomic E-state index is 14.1. The predicted molar refractivity (Wildman–Crippen MR) is 307 cm³/mol. The first-order valence-corrected chi connectivity index (χ1v) is 29.8. The third-order valence-corrected chi connectivity index (χ3v) is 16.0. The predicted octanol–water partition coefficient (Wildman–Crippen LogP) is 6.15. The number of halogens is 1. The first-order chi connectivity index (χ1) is 39.3. The number of carbonyl (C=O) groups is 8. The van der Waals surface area contributed by atoms with Crippen molar-refractivity contribution in [2.24, 2.45) is 5.41 Å². The van der Waals surface area contributed by atoms with Gasteiger partial charge >= 0.3 is 16.1 Å². The Morgan fingerprint density at radius 3 is 2.10 bits per heavy atom. The number of phosphoric ester groups is 1. The van der Waals surface area contributed by atoms with Gasteiger partial charge in [0, 0.05) is 104 Å². The van der Waals surface area contributed by atoms with Crippen molar-refractivity contribution in [1.82, 2.24) is 20.9 Å². The molecule has 5 aromatic carbocycles. The fourth-order valence-corrected chi connectivity index (χ4v) is 11.7. The molecule has 0 aromatic heterocycles. The van der Waals surface area contributed by atoms with Gasteiger partial charge in [-0.05, 0) is 89.8 Å². The molecule has 1 fully saturated rings. The summed E-state index contributed by atoms with van der Waals surface area (Å²) in [6.07, 6.45) is 11.3. The van der Waals surface area contributed by atoms with E-state index in [2.05, 4.69) is 21.3 Å². The van der Waals surface area contributed by atoms with Gasteiger partial charge in [0.15, 0.2) is 0 Å². The lowest BCUT2D eigenvalue weighted by atomic mass is 9.67. The number of anilines is 3. The van der Waals surface area contributed by atoms with Gasteiger partial charge in [-0.2, -0.15) is 0 Å². The second-order valence-corrected chi connectivity index (χ2v) is 22.2. The number of imide groups is 1. The van der Waals surface area contributed by atoms with Crippen molar-refractivity contribution in [3.05, 3.63) is 125 Å². The summed E-state index contributed by atoms with van der Waals surface area (Å²) in [7, 11) is -8.40. The zero-order valence-corrected chi connectivity index (χ0v) is 46.7. The summed E-state index contributed by atoms with van der Waals surface area (Å²) in [5.74, 6) is -4.06. The minimum absolute atomic E-state index is 0.122. The van der Waals surface area contributed by atoms with Crippen molar-refractivity contribution in [3.8, 4) is 11.5 Å². The molecule has 1 unspecified atom stereocenters. The Morgan fingerprint density at radius 2 is 1.41 bits per heavy atom. The molecule has 4 aliphatic rings. The fourth-order valence-electron chi connectivity index (χ4n) is 10.6. The molecule has 0 bridgehead atoms. The number of amides is 8. The molecule has 0 radical (unpaired) electrons. The van der Waals surface area contributed by atoms with E-state index in [0.29, 0.717) is 95.7 Å². The zero-order chi connectivity index (χ0) is 58.3. The van der Waals surface area contributed by atoms with Crippen molar-refractivity contribution in [2.75, 3.05) is 60.3 Å². The number of carbonyl (C=O) groups excluding carboxylic acids is 8. The number of hydrogen-bond donors (Lipinski definition) is 7. The molecule has 9 rings (SSSR count). The molecular formula is C57H58ClN7O15P2.